The molecule has 1 aromatic rings. The molecule has 1 heterocycles. The maximum absolute atomic E-state index is 2.74. The summed E-state index contributed by atoms with van der Waals surface area (Å²) in [4.78, 5) is 2.74. The van der Waals surface area contributed by atoms with Crippen LogP contribution in [0.5, 0.6) is 0 Å². The van der Waals surface area contributed by atoms with E-state index in [9.17, 15) is 0 Å². The number of hydrogen-bond donors (Lipinski definition) is 0. The zero-order chi connectivity index (χ0) is 11.0. The third kappa shape index (κ3) is 1.67. The molecule has 1 aliphatic carbocycles. The first-order chi connectivity index (χ1) is 7.81. The summed E-state index contributed by atoms with van der Waals surface area (Å²) >= 11 is 0. The van der Waals surface area contributed by atoms with E-state index in [1.165, 1.54) is 50.8 Å². The lowest BCUT2D eigenvalue weighted by Gasteiger charge is -2.35. The van der Waals surface area contributed by atoms with E-state index in [1.807, 2.05) is 0 Å². The highest BCUT2D eigenvalue weighted by atomic mass is 15.2. The van der Waals surface area contributed by atoms with E-state index in [4.69, 9.17) is 0 Å². The van der Waals surface area contributed by atoms with E-state index in [-0.39, 0.29) is 0 Å². The maximum Gasteiger partial charge on any atom is 0.0462 e. The zero-order valence-electron chi connectivity index (χ0n) is 10.2. The second-order valence-corrected chi connectivity index (χ2v) is 5.45. The summed E-state index contributed by atoms with van der Waals surface area (Å²) in [5.41, 5.74) is 3.37. The summed E-state index contributed by atoms with van der Waals surface area (Å²) in [6, 6.07) is 9.21. The molecule has 0 amide bonds. The van der Waals surface area contributed by atoms with E-state index in [1.54, 1.807) is 5.56 Å². The molecule has 1 saturated carbocycles. The van der Waals surface area contributed by atoms with Crippen LogP contribution in [0, 0.1) is 6.92 Å². The highest BCUT2D eigenvalue weighted by Gasteiger charge is 2.49. The van der Waals surface area contributed by atoms with E-state index in [2.05, 4.69) is 36.1 Å². The Morgan fingerprint density at radius 3 is 2.12 bits per heavy atom. The van der Waals surface area contributed by atoms with Crippen molar-refractivity contribution in [1.82, 2.24) is 4.90 Å². The number of rotatable bonds is 2. The third-order valence-electron chi connectivity index (χ3n) is 4.27. The first-order valence-corrected chi connectivity index (χ1v) is 6.63. The Bertz CT molecular complexity index is 356. The molecule has 0 radical (unpaired) electrons. The summed E-state index contributed by atoms with van der Waals surface area (Å²) in [6.45, 7) is 4.80. The van der Waals surface area contributed by atoms with Gasteiger partial charge in [-0.2, -0.15) is 0 Å². The summed E-state index contributed by atoms with van der Waals surface area (Å²) in [5.74, 6) is 0. The SMILES string of the molecule is Cc1ccc(C2(N3CCCCC3)CC2)cc1. The number of aryl methyl sites for hydroxylation is 1. The Hall–Kier alpha value is -0.820. The predicted octanol–water partition coefficient (Wildman–Crippen LogP) is 3.47. The van der Waals surface area contributed by atoms with Crippen LogP contribution in [0.25, 0.3) is 0 Å². The van der Waals surface area contributed by atoms with Crippen molar-refractivity contribution in [3.63, 3.8) is 0 Å². The van der Waals surface area contributed by atoms with E-state index in [0.29, 0.717) is 5.54 Å². The largest absolute Gasteiger partial charge is 0.294 e. The quantitative estimate of drug-likeness (QED) is 0.730. The third-order valence-corrected chi connectivity index (χ3v) is 4.27. The van der Waals surface area contributed by atoms with Crippen molar-refractivity contribution in [3.8, 4) is 0 Å². The van der Waals surface area contributed by atoms with Gasteiger partial charge in [-0.1, -0.05) is 36.2 Å². The summed E-state index contributed by atoms with van der Waals surface area (Å²) in [5, 5.41) is 0. The minimum absolute atomic E-state index is 0.439. The molecule has 0 bridgehead atoms. The van der Waals surface area contributed by atoms with Gasteiger partial charge in [0.2, 0.25) is 0 Å². The Morgan fingerprint density at radius 2 is 1.56 bits per heavy atom. The van der Waals surface area contributed by atoms with Crippen LogP contribution < -0.4 is 0 Å². The van der Waals surface area contributed by atoms with Crippen LogP contribution >= 0.6 is 0 Å². The Labute approximate surface area is 98.5 Å². The molecule has 1 aliphatic heterocycles. The number of hydrogen-bond acceptors (Lipinski definition) is 1. The molecule has 1 heteroatoms. The monoisotopic (exact) mass is 215 g/mol. The Balaban J connectivity index is 1.84. The lowest BCUT2D eigenvalue weighted by atomic mass is 9.98. The summed E-state index contributed by atoms with van der Waals surface area (Å²) in [7, 11) is 0. The Kier molecular flexibility index (Phi) is 2.51. The maximum atomic E-state index is 2.74. The zero-order valence-corrected chi connectivity index (χ0v) is 10.2. The summed E-state index contributed by atoms with van der Waals surface area (Å²) in [6.07, 6.45) is 6.97. The fraction of sp³-hybridized carbons (Fsp3) is 0.600. The van der Waals surface area contributed by atoms with Gasteiger partial charge < -0.3 is 0 Å². The predicted molar refractivity (Wildman–Crippen MR) is 67.5 cm³/mol. The van der Waals surface area contributed by atoms with Crippen molar-refractivity contribution in [3.05, 3.63) is 35.4 Å². The topological polar surface area (TPSA) is 3.24 Å². The van der Waals surface area contributed by atoms with Crippen LogP contribution in [0.4, 0.5) is 0 Å². The van der Waals surface area contributed by atoms with E-state index in [0.717, 1.165) is 0 Å². The van der Waals surface area contributed by atoms with Gasteiger partial charge in [0, 0.05) is 5.54 Å². The molecule has 16 heavy (non-hydrogen) atoms. The van der Waals surface area contributed by atoms with E-state index < -0.39 is 0 Å². The van der Waals surface area contributed by atoms with Gasteiger partial charge in [-0.05, 0) is 51.3 Å². The number of piperidine rings is 1. The highest BCUT2D eigenvalue weighted by molar-refractivity contribution is 5.32. The van der Waals surface area contributed by atoms with Gasteiger partial charge in [0.15, 0.2) is 0 Å². The van der Waals surface area contributed by atoms with E-state index >= 15 is 0 Å². The van der Waals surface area contributed by atoms with Gasteiger partial charge in [-0.15, -0.1) is 0 Å². The standard InChI is InChI=1S/C15H21N/c1-13-5-7-14(8-6-13)15(9-10-15)16-11-3-2-4-12-16/h5-8H,2-4,9-12H2,1H3. The van der Waals surface area contributed by atoms with Crippen molar-refractivity contribution in [2.45, 2.75) is 44.6 Å². The lowest BCUT2D eigenvalue weighted by molar-refractivity contribution is 0.145. The molecular formula is C15H21N. The molecule has 86 valence electrons. The molecule has 1 nitrogen and oxygen atoms in total. The molecule has 2 fully saturated rings. The molecule has 0 unspecified atom stereocenters. The minimum atomic E-state index is 0.439. The second-order valence-electron chi connectivity index (χ2n) is 5.45. The first-order valence-electron chi connectivity index (χ1n) is 6.63. The molecule has 1 aromatic carbocycles. The second kappa shape index (κ2) is 3.89. The number of nitrogens with zero attached hydrogens (tertiary/aromatic N) is 1. The average molecular weight is 215 g/mol. The van der Waals surface area contributed by atoms with Gasteiger partial charge in [0.25, 0.3) is 0 Å². The van der Waals surface area contributed by atoms with Crippen LogP contribution in [-0.4, -0.2) is 18.0 Å². The van der Waals surface area contributed by atoms with Gasteiger partial charge in [-0.3, -0.25) is 4.90 Å². The van der Waals surface area contributed by atoms with Crippen molar-refractivity contribution >= 4 is 0 Å². The molecular weight excluding hydrogens is 194 g/mol. The first kappa shape index (κ1) is 10.3. The molecule has 0 aromatic heterocycles. The fourth-order valence-corrected chi connectivity index (χ4v) is 3.09. The van der Waals surface area contributed by atoms with Crippen LogP contribution in [-0.2, 0) is 5.54 Å². The van der Waals surface area contributed by atoms with Crippen LogP contribution in [0.2, 0.25) is 0 Å². The summed E-state index contributed by atoms with van der Waals surface area (Å²) < 4.78 is 0. The molecule has 0 N–H and O–H groups in total. The average Bonchev–Trinajstić information content (AvgIpc) is 3.13. The molecule has 0 spiro atoms. The normalized spacial score (nSPS) is 24.3. The van der Waals surface area contributed by atoms with Crippen LogP contribution in [0.1, 0.15) is 43.2 Å². The number of benzene rings is 1. The van der Waals surface area contributed by atoms with Gasteiger partial charge in [-0.25, -0.2) is 0 Å². The Morgan fingerprint density at radius 1 is 0.938 bits per heavy atom. The van der Waals surface area contributed by atoms with Crippen LogP contribution in [0.3, 0.4) is 0 Å². The number of likely N-dealkylation sites (tertiary alicyclic amines) is 1. The smallest absolute Gasteiger partial charge is 0.0462 e. The van der Waals surface area contributed by atoms with Gasteiger partial charge in [0.05, 0.1) is 0 Å². The van der Waals surface area contributed by atoms with Gasteiger partial charge in [0.1, 0.15) is 0 Å². The minimum Gasteiger partial charge on any atom is -0.294 e. The van der Waals surface area contributed by atoms with Crippen LogP contribution in [0.15, 0.2) is 24.3 Å². The molecule has 3 rings (SSSR count). The molecule has 2 aliphatic rings. The van der Waals surface area contributed by atoms with Crippen molar-refractivity contribution < 1.29 is 0 Å². The fourth-order valence-electron chi connectivity index (χ4n) is 3.09. The van der Waals surface area contributed by atoms with Crippen molar-refractivity contribution in [2.24, 2.45) is 0 Å². The van der Waals surface area contributed by atoms with Crippen molar-refractivity contribution in [1.29, 1.82) is 0 Å². The lowest BCUT2D eigenvalue weighted by Crippen LogP contribution is -2.39. The molecule has 1 saturated heterocycles. The van der Waals surface area contributed by atoms with Crippen molar-refractivity contribution in [2.75, 3.05) is 13.1 Å². The van der Waals surface area contributed by atoms with Gasteiger partial charge >= 0.3 is 0 Å². The highest BCUT2D eigenvalue weighted by Crippen LogP contribution is 2.51. The molecule has 0 atom stereocenters.